The standard InChI is InChI=1S/C18H31N3O6/c1-6-11(5)18(20-26)9-13(22)14(16(24)27-7-2)21(17(18)25)15(23)12(19)8-10(3)4/h10-12,14,20,26H,6-9,19H2,1-5H3/t11?,12-,14-,18?/m0/s1. The van der Waals surface area contributed by atoms with Gasteiger partial charge in [0.05, 0.1) is 12.6 Å². The van der Waals surface area contributed by atoms with Crippen LogP contribution in [0.15, 0.2) is 0 Å². The molecule has 1 fully saturated rings. The summed E-state index contributed by atoms with van der Waals surface area (Å²) in [5.41, 5.74) is 6.20. The minimum atomic E-state index is -1.69. The van der Waals surface area contributed by atoms with Crippen molar-refractivity contribution in [1.82, 2.24) is 10.4 Å². The summed E-state index contributed by atoms with van der Waals surface area (Å²) in [4.78, 5) is 51.9. The van der Waals surface area contributed by atoms with Crippen LogP contribution < -0.4 is 11.2 Å². The second-order valence-corrected chi connectivity index (χ2v) is 7.44. The van der Waals surface area contributed by atoms with E-state index >= 15 is 0 Å². The topological polar surface area (TPSA) is 139 Å². The van der Waals surface area contributed by atoms with Gasteiger partial charge in [0.2, 0.25) is 5.91 Å². The molecule has 0 saturated carbocycles. The summed E-state index contributed by atoms with van der Waals surface area (Å²) in [5.74, 6) is -3.74. The number of esters is 1. The van der Waals surface area contributed by atoms with Crippen molar-refractivity contribution < 1.29 is 29.1 Å². The highest BCUT2D eigenvalue weighted by Gasteiger charge is 2.58. The van der Waals surface area contributed by atoms with Crippen LogP contribution in [0.1, 0.15) is 53.9 Å². The molecule has 1 aliphatic heterocycles. The van der Waals surface area contributed by atoms with E-state index in [2.05, 4.69) is 0 Å². The SMILES string of the molecule is CCOC(=O)[C@@H]1C(=O)CC(NO)(C(C)CC)C(=O)N1C(=O)[C@@H](N)CC(C)C. The number of rotatable bonds is 8. The zero-order valence-electron chi connectivity index (χ0n) is 16.7. The number of carbonyl (C=O) groups excluding carboxylic acids is 4. The molecule has 2 amide bonds. The van der Waals surface area contributed by atoms with Gasteiger partial charge in [-0.2, -0.15) is 5.48 Å². The van der Waals surface area contributed by atoms with E-state index in [1.807, 2.05) is 19.3 Å². The molecule has 0 aliphatic carbocycles. The first kappa shape index (κ1) is 23.2. The third kappa shape index (κ3) is 4.53. The minimum absolute atomic E-state index is 0.00830. The predicted octanol–water partition coefficient (Wildman–Crippen LogP) is 0.383. The molecule has 154 valence electrons. The zero-order valence-corrected chi connectivity index (χ0v) is 16.7. The number of hydrogen-bond acceptors (Lipinski definition) is 8. The van der Waals surface area contributed by atoms with Gasteiger partial charge in [-0.15, -0.1) is 0 Å². The Hall–Kier alpha value is -1.84. The number of Topliss-reactive ketones (excluding diaryl/α,β-unsaturated/α-hetero) is 1. The Morgan fingerprint density at radius 2 is 1.93 bits per heavy atom. The zero-order chi connectivity index (χ0) is 20.9. The van der Waals surface area contributed by atoms with Gasteiger partial charge in [0, 0.05) is 6.42 Å². The summed E-state index contributed by atoms with van der Waals surface area (Å²) in [6.45, 7) is 8.73. The molecule has 1 heterocycles. The van der Waals surface area contributed by atoms with E-state index in [1.165, 1.54) is 0 Å². The highest BCUT2D eigenvalue weighted by atomic mass is 16.5. The molecule has 1 saturated heterocycles. The Labute approximate surface area is 159 Å². The fourth-order valence-electron chi connectivity index (χ4n) is 3.33. The summed E-state index contributed by atoms with van der Waals surface area (Å²) in [6.07, 6.45) is 0.302. The maximum Gasteiger partial charge on any atom is 0.337 e. The predicted molar refractivity (Wildman–Crippen MR) is 96.4 cm³/mol. The van der Waals surface area contributed by atoms with Gasteiger partial charge in [-0.05, 0) is 25.2 Å². The number of nitrogens with one attached hydrogen (secondary N) is 1. The number of likely N-dealkylation sites (tertiary alicyclic amines) is 1. The molecule has 1 aliphatic rings. The number of piperidine rings is 1. The van der Waals surface area contributed by atoms with Crippen molar-refractivity contribution in [2.45, 2.75) is 71.5 Å². The van der Waals surface area contributed by atoms with E-state index in [9.17, 15) is 24.4 Å². The van der Waals surface area contributed by atoms with Crippen molar-refractivity contribution in [3.63, 3.8) is 0 Å². The van der Waals surface area contributed by atoms with E-state index in [4.69, 9.17) is 10.5 Å². The van der Waals surface area contributed by atoms with Crippen LogP contribution in [0.3, 0.4) is 0 Å². The summed E-state index contributed by atoms with van der Waals surface area (Å²) >= 11 is 0. The Morgan fingerprint density at radius 3 is 2.37 bits per heavy atom. The second-order valence-electron chi connectivity index (χ2n) is 7.44. The molecular weight excluding hydrogens is 354 g/mol. The lowest BCUT2D eigenvalue weighted by molar-refractivity contribution is -0.177. The van der Waals surface area contributed by atoms with E-state index < -0.39 is 53.5 Å². The number of ether oxygens (including phenoxy) is 1. The largest absolute Gasteiger partial charge is 0.464 e. The quantitative estimate of drug-likeness (QED) is 0.310. The average molecular weight is 385 g/mol. The number of amides is 2. The van der Waals surface area contributed by atoms with Crippen LogP contribution in [-0.2, 0) is 23.9 Å². The molecule has 2 unspecified atom stereocenters. The van der Waals surface area contributed by atoms with Gasteiger partial charge in [0.25, 0.3) is 5.91 Å². The van der Waals surface area contributed by atoms with Crippen LogP contribution in [0, 0.1) is 11.8 Å². The van der Waals surface area contributed by atoms with Crippen LogP contribution in [0.2, 0.25) is 0 Å². The first-order valence-electron chi connectivity index (χ1n) is 9.30. The molecule has 9 nitrogen and oxygen atoms in total. The Morgan fingerprint density at radius 1 is 1.33 bits per heavy atom. The van der Waals surface area contributed by atoms with Crippen molar-refractivity contribution in [2.24, 2.45) is 17.6 Å². The van der Waals surface area contributed by atoms with E-state index in [0.29, 0.717) is 11.3 Å². The molecule has 0 spiro atoms. The third-order valence-electron chi connectivity index (χ3n) is 5.06. The molecule has 4 N–H and O–H groups in total. The Balaban J connectivity index is 3.43. The van der Waals surface area contributed by atoms with E-state index in [1.54, 1.807) is 20.8 Å². The normalized spacial score (nSPS) is 25.5. The number of ketones is 1. The lowest BCUT2D eigenvalue weighted by Gasteiger charge is -2.45. The average Bonchev–Trinajstić information content (AvgIpc) is 2.61. The smallest absolute Gasteiger partial charge is 0.337 e. The number of nitrogens with zero attached hydrogens (tertiary/aromatic N) is 1. The van der Waals surface area contributed by atoms with E-state index in [0.717, 1.165) is 0 Å². The molecule has 0 aromatic carbocycles. The Kier molecular flexibility index (Phi) is 8.06. The minimum Gasteiger partial charge on any atom is -0.464 e. The number of nitrogens with two attached hydrogens (primary N) is 1. The van der Waals surface area contributed by atoms with Gasteiger partial charge in [-0.25, -0.2) is 4.79 Å². The molecule has 1 rings (SSSR count). The van der Waals surface area contributed by atoms with Gasteiger partial charge in [-0.1, -0.05) is 34.1 Å². The van der Waals surface area contributed by atoms with E-state index in [-0.39, 0.29) is 18.9 Å². The third-order valence-corrected chi connectivity index (χ3v) is 5.06. The molecule has 0 radical (unpaired) electrons. The molecule has 0 bridgehead atoms. The maximum absolute atomic E-state index is 13.2. The summed E-state index contributed by atoms with van der Waals surface area (Å²) in [5, 5.41) is 9.73. The number of hydrogen-bond donors (Lipinski definition) is 3. The molecule has 4 atom stereocenters. The highest BCUT2D eigenvalue weighted by Crippen LogP contribution is 2.33. The lowest BCUT2D eigenvalue weighted by Crippen LogP contribution is -2.72. The van der Waals surface area contributed by atoms with Crippen LogP contribution in [-0.4, -0.2) is 57.9 Å². The highest BCUT2D eigenvalue weighted by molar-refractivity contribution is 6.18. The van der Waals surface area contributed by atoms with Crippen molar-refractivity contribution in [3.8, 4) is 0 Å². The molecule has 9 heteroatoms. The van der Waals surface area contributed by atoms with Crippen LogP contribution in [0.25, 0.3) is 0 Å². The maximum atomic E-state index is 13.2. The Bertz CT molecular complexity index is 594. The number of hydroxylamine groups is 1. The van der Waals surface area contributed by atoms with Gasteiger partial charge in [-0.3, -0.25) is 19.3 Å². The van der Waals surface area contributed by atoms with Crippen LogP contribution >= 0.6 is 0 Å². The van der Waals surface area contributed by atoms with Crippen molar-refractivity contribution in [1.29, 1.82) is 0 Å². The first-order chi connectivity index (χ1) is 12.6. The van der Waals surface area contributed by atoms with Crippen molar-refractivity contribution in [2.75, 3.05) is 6.61 Å². The molecule has 0 aromatic rings. The summed E-state index contributed by atoms with van der Waals surface area (Å²) in [7, 11) is 0. The lowest BCUT2D eigenvalue weighted by atomic mass is 9.74. The second kappa shape index (κ2) is 9.38. The molecular formula is C18H31N3O6. The fourth-order valence-corrected chi connectivity index (χ4v) is 3.33. The van der Waals surface area contributed by atoms with Crippen molar-refractivity contribution in [3.05, 3.63) is 0 Å². The number of imide groups is 1. The fraction of sp³-hybridized carbons (Fsp3) is 0.778. The summed E-state index contributed by atoms with van der Waals surface area (Å²) in [6, 6.07) is -2.75. The summed E-state index contributed by atoms with van der Waals surface area (Å²) < 4.78 is 4.90. The monoisotopic (exact) mass is 385 g/mol. The van der Waals surface area contributed by atoms with Gasteiger partial charge in [0.1, 0.15) is 5.54 Å². The van der Waals surface area contributed by atoms with Crippen molar-refractivity contribution >= 4 is 23.6 Å². The molecule has 0 aromatic heterocycles. The van der Waals surface area contributed by atoms with Gasteiger partial charge < -0.3 is 15.7 Å². The number of carbonyl (C=O) groups is 4. The molecule has 27 heavy (non-hydrogen) atoms. The van der Waals surface area contributed by atoms with Crippen LogP contribution in [0.4, 0.5) is 0 Å². The van der Waals surface area contributed by atoms with Gasteiger partial charge >= 0.3 is 5.97 Å². The first-order valence-corrected chi connectivity index (χ1v) is 9.30. The van der Waals surface area contributed by atoms with Gasteiger partial charge in [0.15, 0.2) is 11.8 Å². The van der Waals surface area contributed by atoms with Crippen LogP contribution in [0.5, 0.6) is 0 Å².